The molecule has 19 heavy (non-hydrogen) atoms. The molecule has 1 saturated heterocycles. The van der Waals surface area contributed by atoms with Gasteiger partial charge in [0.05, 0.1) is 0 Å². The largest absolute Gasteiger partial charge is 0.368 e. The Bertz CT molecular complexity index is 418. The van der Waals surface area contributed by atoms with E-state index in [9.17, 15) is 0 Å². The van der Waals surface area contributed by atoms with Gasteiger partial charge in [-0.1, -0.05) is 13.8 Å². The highest BCUT2D eigenvalue weighted by atomic mass is 15.2. The van der Waals surface area contributed by atoms with E-state index in [1.54, 1.807) is 6.20 Å². The molecule has 0 bridgehead atoms. The summed E-state index contributed by atoms with van der Waals surface area (Å²) in [6.07, 6.45) is 2.67. The van der Waals surface area contributed by atoms with Crippen LogP contribution in [0.4, 0.5) is 5.95 Å². The number of hydrogen-bond acceptors (Lipinski definition) is 5. The Labute approximate surface area is 115 Å². The van der Waals surface area contributed by atoms with Crippen molar-refractivity contribution in [2.24, 2.45) is 5.41 Å². The van der Waals surface area contributed by atoms with E-state index in [1.165, 1.54) is 0 Å². The molecule has 0 aliphatic carbocycles. The number of hydrogen-bond donors (Lipinski definition) is 2. The van der Waals surface area contributed by atoms with Crippen LogP contribution >= 0.6 is 0 Å². The van der Waals surface area contributed by atoms with Crippen LogP contribution in [0.1, 0.15) is 26.5 Å². The van der Waals surface area contributed by atoms with Gasteiger partial charge in [0.1, 0.15) is 0 Å². The Morgan fingerprint density at radius 1 is 1.53 bits per heavy atom. The minimum Gasteiger partial charge on any atom is -0.368 e. The molecule has 3 N–H and O–H groups in total. The Morgan fingerprint density at radius 2 is 2.32 bits per heavy atom. The molecule has 1 aromatic heterocycles. The van der Waals surface area contributed by atoms with E-state index in [-0.39, 0.29) is 5.41 Å². The van der Waals surface area contributed by atoms with Crippen LogP contribution in [0.15, 0.2) is 12.3 Å². The zero-order chi connectivity index (χ0) is 13.9. The standard InChI is InChI=1S/C14H25N5/c1-11-9-19(7-6-16-11)10-14(2,3)8-12-4-5-17-13(15)18-12/h4-5,11,16H,6-10H2,1-3H3,(H2,15,17,18). The predicted molar refractivity (Wildman–Crippen MR) is 77.8 cm³/mol. The Kier molecular flexibility index (Phi) is 4.37. The van der Waals surface area contributed by atoms with Gasteiger partial charge in [0.15, 0.2) is 0 Å². The molecule has 1 unspecified atom stereocenters. The third-order valence-corrected chi connectivity index (χ3v) is 3.50. The normalized spacial score (nSPS) is 21.5. The van der Waals surface area contributed by atoms with Crippen molar-refractivity contribution >= 4 is 5.95 Å². The monoisotopic (exact) mass is 263 g/mol. The first-order chi connectivity index (χ1) is 8.94. The van der Waals surface area contributed by atoms with E-state index in [0.29, 0.717) is 12.0 Å². The van der Waals surface area contributed by atoms with Gasteiger partial charge >= 0.3 is 0 Å². The van der Waals surface area contributed by atoms with Crippen molar-refractivity contribution in [3.05, 3.63) is 18.0 Å². The summed E-state index contributed by atoms with van der Waals surface area (Å²) in [6, 6.07) is 2.54. The lowest BCUT2D eigenvalue weighted by Gasteiger charge is -2.37. The molecule has 106 valence electrons. The lowest BCUT2D eigenvalue weighted by atomic mass is 9.86. The summed E-state index contributed by atoms with van der Waals surface area (Å²) in [4.78, 5) is 10.8. The highest BCUT2D eigenvalue weighted by Gasteiger charge is 2.25. The second kappa shape index (κ2) is 5.84. The van der Waals surface area contributed by atoms with Crippen molar-refractivity contribution in [3.8, 4) is 0 Å². The average molecular weight is 263 g/mol. The van der Waals surface area contributed by atoms with Gasteiger partial charge < -0.3 is 11.1 Å². The summed E-state index contributed by atoms with van der Waals surface area (Å²) < 4.78 is 0. The molecule has 2 rings (SSSR count). The van der Waals surface area contributed by atoms with Crippen molar-refractivity contribution in [3.63, 3.8) is 0 Å². The van der Waals surface area contributed by atoms with E-state index in [0.717, 1.165) is 38.3 Å². The summed E-state index contributed by atoms with van der Waals surface area (Å²) in [7, 11) is 0. The van der Waals surface area contributed by atoms with Gasteiger partial charge in [-0.3, -0.25) is 4.90 Å². The van der Waals surface area contributed by atoms with Crippen molar-refractivity contribution in [1.29, 1.82) is 0 Å². The highest BCUT2D eigenvalue weighted by molar-refractivity contribution is 5.18. The van der Waals surface area contributed by atoms with Crippen LogP contribution in [0.3, 0.4) is 0 Å². The Balaban J connectivity index is 1.94. The van der Waals surface area contributed by atoms with Gasteiger partial charge in [-0.15, -0.1) is 0 Å². The minimum atomic E-state index is 0.192. The fourth-order valence-electron chi connectivity index (χ4n) is 2.82. The molecular formula is C14H25N5. The Morgan fingerprint density at radius 3 is 3.00 bits per heavy atom. The van der Waals surface area contributed by atoms with Crippen molar-refractivity contribution in [1.82, 2.24) is 20.2 Å². The van der Waals surface area contributed by atoms with Gasteiger partial charge in [0.25, 0.3) is 0 Å². The maximum absolute atomic E-state index is 5.64. The molecule has 1 aromatic rings. The maximum atomic E-state index is 5.64. The molecule has 1 fully saturated rings. The zero-order valence-corrected chi connectivity index (χ0v) is 12.2. The maximum Gasteiger partial charge on any atom is 0.220 e. The molecule has 0 amide bonds. The first-order valence-corrected chi connectivity index (χ1v) is 6.98. The van der Waals surface area contributed by atoms with Crippen LogP contribution in [0.25, 0.3) is 0 Å². The topological polar surface area (TPSA) is 67.1 Å². The number of nitrogens with one attached hydrogen (secondary N) is 1. The highest BCUT2D eigenvalue weighted by Crippen LogP contribution is 2.23. The van der Waals surface area contributed by atoms with Crippen molar-refractivity contribution in [2.75, 3.05) is 31.9 Å². The van der Waals surface area contributed by atoms with E-state index in [2.05, 4.69) is 41.0 Å². The van der Waals surface area contributed by atoms with E-state index in [4.69, 9.17) is 5.73 Å². The fourth-order valence-corrected chi connectivity index (χ4v) is 2.82. The van der Waals surface area contributed by atoms with Crippen LogP contribution in [0.2, 0.25) is 0 Å². The number of nitrogens with zero attached hydrogens (tertiary/aromatic N) is 3. The second-order valence-electron chi connectivity index (χ2n) is 6.34. The molecular weight excluding hydrogens is 238 g/mol. The predicted octanol–water partition coefficient (Wildman–Crippen LogP) is 0.921. The smallest absolute Gasteiger partial charge is 0.220 e. The number of nitrogens with two attached hydrogens (primary N) is 1. The number of nitrogen functional groups attached to an aromatic ring is 1. The molecule has 0 spiro atoms. The number of anilines is 1. The van der Waals surface area contributed by atoms with Gasteiger partial charge in [0.2, 0.25) is 5.95 Å². The first-order valence-electron chi connectivity index (χ1n) is 6.98. The van der Waals surface area contributed by atoms with Gasteiger partial charge in [-0.2, -0.15) is 0 Å². The molecule has 5 nitrogen and oxygen atoms in total. The molecule has 5 heteroatoms. The summed E-state index contributed by atoms with van der Waals surface area (Å²) in [5, 5.41) is 3.48. The van der Waals surface area contributed by atoms with E-state index < -0.39 is 0 Å². The van der Waals surface area contributed by atoms with Crippen LogP contribution < -0.4 is 11.1 Å². The van der Waals surface area contributed by atoms with Gasteiger partial charge in [-0.05, 0) is 24.8 Å². The number of rotatable bonds is 4. The molecule has 1 aliphatic rings. The summed E-state index contributed by atoms with van der Waals surface area (Å²) in [5.74, 6) is 0.365. The average Bonchev–Trinajstić information content (AvgIpc) is 2.27. The van der Waals surface area contributed by atoms with Crippen molar-refractivity contribution in [2.45, 2.75) is 33.2 Å². The third kappa shape index (κ3) is 4.44. The molecule has 0 saturated carbocycles. The minimum absolute atomic E-state index is 0.192. The van der Waals surface area contributed by atoms with Gasteiger partial charge in [-0.25, -0.2) is 9.97 Å². The first kappa shape index (κ1) is 14.2. The lowest BCUT2D eigenvalue weighted by Crippen LogP contribution is -2.51. The summed E-state index contributed by atoms with van der Waals surface area (Å²) >= 11 is 0. The van der Waals surface area contributed by atoms with Crippen LogP contribution in [0, 0.1) is 5.41 Å². The zero-order valence-electron chi connectivity index (χ0n) is 12.2. The van der Waals surface area contributed by atoms with E-state index >= 15 is 0 Å². The second-order valence-corrected chi connectivity index (χ2v) is 6.34. The molecule has 0 radical (unpaired) electrons. The van der Waals surface area contributed by atoms with E-state index in [1.807, 2.05) is 6.07 Å². The van der Waals surface area contributed by atoms with Crippen LogP contribution in [0.5, 0.6) is 0 Å². The van der Waals surface area contributed by atoms with Crippen LogP contribution in [-0.4, -0.2) is 47.1 Å². The summed E-state index contributed by atoms with van der Waals surface area (Å²) in [6.45, 7) is 11.2. The third-order valence-electron chi connectivity index (χ3n) is 3.50. The van der Waals surface area contributed by atoms with Gasteiger partial charge in [0, 0.05) is 44.1 Å². The fraction of sp³-hybridized carbons (Fsp3) is 0.714. The summed E-state index contributed by atoms with van der Waals surface area (Å²) in [5.41, 5.74) is 6.86. The molecule has 2 heterocycles. The molecule has 1 aliphatic heterocycles. The van der Waals surface area contributed by atoms with Crippen molar-refractivity contribution < 1.29 is 0 Å². The quantitative estimate of drug-likeness (QED) is 0.845. The van der Waals surface area contributed by atoms with Crippen LogP contribution in [-0.2, 0) is 6.42 Å². The lowest BCUT2D eigenvalue weighted by molar-refractivity contribution is 0.140. The Hall–Kier alpha value is -1.20. The SMILES string of the molecule is CC1CN(CC(C)(C)Cc2ccnc(N)n2)CCN1. The number of aromatic nitrogens is 2. The molecule has 1 atom stereocenters. The molecule has 0 aromatic carbocycles. The number of piperazine rings is 1.